The van der Waals surface area contributed by atoms with E-state index in [2.05, 4.69) is 10.3 Å². The first-order chi connectivity index (χ1) is 12.0. The van der Waals surface area contributed by atoms with Gasteiger partial charge in [0.25, 0.3) is 5.69 Å². The Hall–Kier alpha value is -3.22. The van der Waals surface area contributed by atoms with Gasteiger partial charge in [-0.25, -0.2) is 4.98 Å². The van der Waals surface area contributed by atoms with Gasteiger partial charge in [-0.2, -0.15) is 0 Å². The van der Waals surface area contributed by atoms with E-state index in [0.29, 0.717) is 12.1 Å². The summed E-state index contributed by atoms with van der Waals surface area (Å²) in [5.74, 6) is 0.577. The Morgan fingerprint density at radius 3 is 2.76 bits per heavy atom. The molecule has 128 valence electrons. The van der Waals surface area contributed by atoms with E-state index in [1.807, 2.05) is 35.8 Å². The van der Waals surface area contributed by atoms with Crippen molar-refractivity contribution in [2.24, 2.45) is 0 Å². The Kier molecular flexibility index (Phi) is 4.47. The predicted octanol–water partition coefficient (Wildman–Crippen LogP) is 3.45. The number of anilines is 1. The lowest BCUT2D eigenvalue weighted by Gasteiger charge is -2.11. The molecule has 25 heavy (non-hydrogen) atoms. The van der Waals surface area contributed by atoms with Gasteiger partial charge in [-0.15, -0.1) is 0 Å². The highest BCUT2D eigenvalue weighted by Crippen LogP contribution is 2.22. The van der Waals surface area contributed by atoms with Gasteiger partial charge >= 0.3 is 0 Å². The number of non-ortho nitro benzene ring substituents is 1. The Balaban J connectivity index is 1.86. The Morgan fingerprint density at radius 1 is 1.28 bits per heavy atom. The fourth-order valence-electron chi connectivity index (χ4n) is 2.76. The van der Waals surface area contributed by atoms with E-state index in [0.717, 1.165) is 22.4 Å². The number of carbonyl (C=O) groups is 1. The van der Waals surface area contributed by atoms with Gasteiger partial charge in [0.15, 0.2) is 0 Å². The monoisotopic (exact) mass is 338 g/mol. The molecule has 0 bridgehead atoms. The zero-order chi connectivity index (χ0) is 18.0. The van der Waals surface area contributed by atoms with E-state index in [9.17, 15) is 14.9 Å². The van der Waals surface area contributed by atoms with Crippen molar-refractivity contribution in [1.82, 2.24) is 9.55 Å². The lowest BCUT2D eigenvalue weighted by Crippen LogP contribution is -2.20. The Bertz CT molecular complexity index is 962. The highest BCUT2D eigenvalue weighted by Gasteiger charge is 2.15. The normalized spacial score (nSPS) is 10.8. The molecule has 0 saturated heterocycles. The number of fused-ring (bicyclic) bond motifs is 1. The number of aryl methyl sites for hydroxylation is 2. The average Bonchev–Trinajstić information content (AvgIpc) is 2.94. The largest absolute Gasteiger partial charge is 0.324 e. The minimum atomic E-state index is -0.479. The molecule has 0 atom stereocenters. The molecule has 0 aliphatic rings. The number of para-hydroxylation sites is 2. The third kappa shape index (κ3) is 3.35. The number of nitrogens with one attached hydrogen (secondary N) is 1. The lowest BCUT2D eigenvalue weighted by molar-refractivity contribution is -0.384. The summed E-state index contributed by atoms with van der Waals surface area (Å²) in [4.78, 5) is 27.5. The van der Waals surface area contributed by atoms with Gasteiger partial charge in [-0.05, 0) is 24.6 Å². The molecule has 3 aromatic rings. The first-order valence-electron chi connectivity index (χ1n) is 7.98. The van der Waals surface area contributed by atoms with E-state index < -0.39 is 4.92 Å². The lowest BCUT2D eigenvalue weighted by atomic mass is 10.2. The number of amides is 1. The van der Waals surface area contributed by atoms with Crippen LogP contribution in [0.1, 0.15) is 18.3 Å². The van der Waals surface area contributed by atoms with Gasteiger partial charge in [0, 0.05) is 18.6 Å². The van der Waals surface area contributed by atoms with Gasteiger partial charge in [-0.1, -0.05) is 25.1 Å². The van der Waals surface area contributed by atoms with Crippen molar-refractivity contribution in [3.8, 4) is 0 Å². The number of benzene rings is 2. The van der Waals surface area contributed by atoms with Crippen molar-refractivity contribution in [1.29, 1.82) is 0 Å². The van der Waals surface area contributed by atoms with Gasteiger partial charge in [-0.3, -0.25) is 14.9 Å². The fourth-order valence-corrected chi connectivity index (χ4v) is 2.76. The molecule has 0 aliphatic carbocycles. The number of rotatable bonds is 5. The van der Waals surface area contributed by atoms with E-state index in [1.54, 1.807) is 13.0 Å². The number of hydrogen-bond acceptors (Lipinski definition) is 4. The molecule has 3 rings (SSSR count). The van der Waals surface area contributed by atoms with Crippen molar-refractivity contribution in [3.05, 3.63) is 64.0 Å². The number of nitrogens with zero attached hydrogens (tertiary/aromatic N) is 3. The topological polar surface area (TPSA) is 90.1 Å². The zero-order valence-electron chi connectivity index (χ0n) is 14.0. The highest BCUT2D eigenvalue weighted by atomic mass is 16.6. The maximum atomic E-state index is 12.5. The summed E-state index contributed by atoms with van der Waals surface area (Å²) in [6.07, 6.45) is 0.706. The summed E-state index contributed by atoms with van der Waals surface area (Å²) in [5, 5.41) is 13.7. The van der Waals surface area contributed by atoms with Gasteiger partial charge in [0.1, 0.15) is 12.4 Å². The number of hydrogen-bond donors (Lipinski definition) is 1. The molecule has 0 aliphatic heterocycles. The van der Waals surface area contributed by atoms with Crippen LogP contribution in [-0.4, -0.2) is 20.4 Å². The average molecular weight is 338 g/mol. The quantitative estimate of drug-likeness (QED) is 0.570. The van der Waals surface area contributed by atoms with E-state index in [-0.39, 0.29) is 18.1 Å². The van der Waals surface area contributed by atoms with Crippen molar-refractivity contribution < 1.29 is 9.72 Å². The Morgan fingerprint density at radius 2 is 2.04 bits per heavy atom. The minimum Gasteiger partial charge on any atom is -0.324 e. The van der Waals surface area contributed by atoms with Crippen LogP contribution < -0.4 is 5.32 Å². The van der Waals surface area contributed by atoms with Crippen LogP contribution >= 0.6 is 0 Å². The molecule has 0 spiro atoms. The van der Waals surface area contributed by atoms with Crippen molar-refractivity contribution in [2.75, 3.05) is 5.32 Å². The summed E-state index contributed by atoms with van der Waals surface area (Å²) in [7, 11) is 0. The van der Waals surface area contributed by atoms with E-state index in [1.165, 1.54) is 12.1 Å². The third-order valence-electron chi connectivity index (χ3n) is 4.06. The predicted molar refractivity (Wildman–Crippen MR) is 95.6 cm³/mol. The van der Waals surface area contributed by atoms with Crippen LogP contribution in [0.25, 0.3) is 11.0 Å². The zero-order valence-corrected chi connectivity index (χ0v) is 14.0. The summed E-state index contributed by atoms with van der Waals surface area (Å²) in [6, 6.07) is 12.1. The minimum absolute atomic E-state index is 0.0526. The van der Waals surface area contributed by atoms with Crippen molar-refractivity contribution in [2.45, 2.75) is 26.8 Å². The standard InChI is InChI=1S/C18H18N4O3/c1-3-17-19-14-6-4-5-7-16(14)21(17)11-18(23)20-15-10-13(22(24)25)9-8-12(15)2/h4-10H,3,11H2,1-2H3,(H,20,23). The van der Waals surface area contributed by atoms with Crippen LogP contribution in [0.2, 0.25) is 0 Å². The first-order valence-corrected chi connectivity index (χ1v) is 7.98. The molecule has 1 aromatic heterocycles. The van der Waals surface area contributed by atoms with Gasteiger partial charge in [0.05, 0.1) is 21.6 Å². The third-order valence-corrected chi connectivity index (χ3v) is 4.06. The second-order valence-corrected chi connectivity index (χ2v) is 5.76. The van der Waals surface area contributed by atoms with E-state index >= 15 is 0 Å². The molecule has 7 nitrogen and oxygen atoms in total. The molecule has 0 radical (unpaired) electrons. The van der Waals surface area contributed by atoms with E-state index in [4.69, 9.17) is 0 Å². The van der Waals surface area contributed by atoms with Crippen LogP contribution in [0.5, 0.6) is 0 Å². The maximum Gasteiger partial charge on any atom is 0.271 e. The van der Waals surface area contributed by atoms with Crippen LogP contribution in [0.3, 0.4) is 0 Å². The summed E-state index contributed by atoms with van der Waals surface area (Å²) < 4.78 is 1.87. The van der Waals surface area contributed by atoms with Gasteiger partial charge in [0.2, 0.25) is 5.91 Å². The number of imidazole rings is 1. The number of nitro benzene ring substituents is 1. The van der Waals surface area contributed by atoms with Crippen LogP contribution in [-0.2, 0) is 17.8 Å². The molecular weight excluding hydrogens is 320 g/mol. The number of aromatic nitrogens is 2. The molecule has 7 heteroatoms. The smallest absolute Gasteiger partial charge is 0.271 e. The molecule has 1 N–H and O–H groups in total. The fraction of sp³-hybridized carbons (Fsp3) is 0.222. The van der Waals surface area contributed by atoms with Crippen LogP contribution in [0.15, 0.2) is 42.5 Å². The summed E-state index contributed by atoms with van der Waals surface area (Å²) >= 11 is 0. The first kappa shape index (κ1) is 16.6. The molecule has 1 amide bonds. The molecule has 0 unspecified atom stereocenters. The number of carbonyl (C=O) groups excluding carboxylic acids is 1. The highest BCUT2D eigenvalue weighted by molar-refractivity contribution is 5.92. The van der Waals surface area contributed by atoms with Crippen molar-refractivity contribution >= 4 is 28.3 Å². The summed E-state index contributed by atoms with van der Waals surface area (Å²) in [6.45, 7) is 3.88. The molecule has 0 fully saturated rings. The molecular formula is C18H18N4O3. The maximum absolute atomic E-state index is 12.5. The number of nitro groups is 1. The Labute approximate surface area is 144 Å². The summed E-state index contributed by atoms with van der Waals surface area (Å²) in [5.41, 5.74) is 2.90. The van der Waals surface area contributed by atoms with Crippen LogP contribution in [0, 0.1) is 17.0 Å². The second-order valence-electron chi connectivity index (χ2n) is 5.76. The molecule has 1 heterocycles. The molecule has 2 aromatic carbocycles. The van der Waals surface area contributed by atoms with Crippen LogP contribution in [0.4, 0.5) is 11.4 Å². The van der Waals surface area contributed by atoms with Gasteiger partial charge < -0.3 is 9.88 Å². The van der Waals surface area contributed by atoms with Crippen molar-refractivity contribution in [3.63, 3.8) is 0 Å². The molecule has 0 saturated carbocycles. The second kappa shape index (κ2) is 6.72. The SMILES string of the molecule is CCc1nc2ccccc2n1CC(=O)Nc1cc([N+](=O)[O-])ccc1C.